The van der Waals surface area contributed by atoms with Gasteiger partial charge in [-0.3, -0.25) is 9.59 Å². The second kappa shape index (κ2) is 13.4. The van der Waals surface area contributed by atoms with Gasteiger partial charge in [0.15, 0.2) is 11.6 Å². The molecule has 2 heteroatoms. The van der Waals surface area contributed by atoms with Crippen LogP contribution in [0.15, 0.2) is 48.1 Å². The minimum Gasteiger partial charge on any atom is -0.295 e. The van der Waals surface area contributed by atoms with Crippen molar-refractivity contribution in [2.24, 2.45) is 0 Å². The van der Waals surface area contributed by atoms with Crippen molar-refractivity contribution in [1.29, 1.82) is 0 Å². The predicted octanol–water partition coefficient (Wildman–Crippen LogP) is 4.20. The summed E-state index contributed by atoms with van der Waals surface area (Å²) < 4.78 is 0. The fourth-order valence-electron chi connectivity index (χ4n) is 0.768. The summed E-state index contributed by atoms with van der Waals surface area (Å²) >= 11 is 0. The van der Waals surface area contributed by atoms with Crippen LogP contribution in [0.2, 0.25) is 0 Å². The minimum atomic E-state index is 0.0903. The number of ketones is 2. The molecule has 2 nitrogen and oxygen atoms in total. The molecule has 0 bridgehead atoms. The van der Waals surface area contributed by atoms with Crippen molar-refractivity contribution in [2.45, 2.75) is 41.0 Å². The van der Waals surface area contributed by atoms with E-state index < -0.39 is 0 Å². The van der Waals surface area contributed by atoms with Crippen molar-refractivity contribution < 1.29 is 9.59 Å². The lowest BCUT2D eigenvalue weighted by molar-refractivity contribution is -0.114. The van der Waals surface area contributed by atoms with E-state index in [0.717, 1.165) is 0 Å². The molecular formula is C16H24O2. The molecule has 0 heterocycles. The monoisotopic (exact) mass is 248 g/mol. The van der Waals surface area contributed by atoms with E-state index in [-0.39, 0.29) is 11.6 Å². The molecule has 0 saturated heterocycles. The Kier molecular flexibility index (Phi) is 13.9. The second-order valence-electron chi connectivity index (χ2n) is 3.92. The molecule has 0 fully saturated rings. The Morgan fingerprint density at radius 1 is 0.944 bits per heavy atom. The molecule has 0 N–H and O–H groups in total. The number of carbonyl (C=O) groups excluding carboxylic acids is 2. The molecule has 0 spiro atoms. The first-order chi connectivity index (χ1) is 8.43. The summed E-state index contributed by atoms with van der Waals surface area (Å²) in [6, 6.07) is 0. The molecular weight excluding hydrogens is 224 g/mol. The van der Waals surface area contributed by atoms with Crippen molar-refractivity contribution in [3.05, 3.63) is 48.1 Å². The van der Waals surface area contributed by atoms with E-state index in [1.165, 1.54) is 12.5 Å². The van der Waals surface area contributed by atoms with Gasteiger partial charge in [0.1, 0.15) is 0 Å². The highest BCUT2D eigenvalue weighted by molar-refractivity contribution is 5.89. The molecule has 0 aromatic rings. The van der Waals surface area contributed by atoms with Crippen LogP contribution in [-0.2, 0) is 9.59 Å². The van der Waals surface area contributed by atoms with E-state index in [0.29, 0.717) is 6.42 Å². The van der Waals surface area contributed by atoms with E-state index in [1.807, 2.05) is 45.9 Å². The summed E-state index contributed by atoms with van der Waals surface area (Å²) in [5.74, 6) is 0.264. The van der Waals surface area contributed by atoms with Gasteiger partial charge in [0.2, 0.25) is 0 Å². The lowest BCUT2D eigenvalue weighted by Crippen LogP contribution is -1.85. The van der Waals surface area contributed by atoms with Crippen LogP contribution in [0, 0.1) is 0 Å². The molecule has 0 rings (SSSR count). The van der Waals surface area contributed by atoms with Gasteiger partial charge in [0.05, 0.1) is 0 Å². The van der Waals surface area contributed by atoms with Gasteiger partial charge in [0.25, 0.3) is 0 Å². The standard InChI is InChI=1S/2C8H12O/c1-7(2)5-4-6-8(3)9;1-3-5-6-7-8(9)4-2/h4-6H,1-3H3;3,5-7H,4H2,1-2H3. The van der Waals surface area contributed by atoms with Crippen LogP contribution in [0.3, 0.4) is 0 Å². The molecule has 18 heavy (non-hydrogen) atoms. The first-order valence-corrected chi connectivity index (χ1v) is 6.08. The summed E-state index contributed by atoms with van der Waals surface area (Å²) in [6.07, 6.45) is 12.9. The lowest BCUT2D eigenvalue weighted by Gasteiger charge is -1.80. The average molecular weight is 248 g/mol. The molecule has 0 aromatic carbocycles. The topological polar surface area (TPSA) is 34.1 Å². The first-order valence-electron chi connectivity index (χ1n) is 6.08. The van der Waals surface area contributed by atoms with Crippen LogP contribution >= 0.6 is 0 Å². The summed E-state index contributed by atoms with van der Waals surface area (Å²) in [5.41, 5.74) is 1.20. The smallest absolute Gasteiger partial charge is 0.155 e. The number of carbonyl (C=O) groups is 2. The van der Waals surface area contributed by atoms with Crippen molar-refractivity contribution in [2.75, 3.05) is 0 Å². The third-order valence-corrected chi connectivity index (χ3v) is 1.69. The van der Waals surface area contributed by atoms with Gasteiger partial charge >= 0.3 is 0 Å². The molecule has 0 amide bonds. The highest BCUT2D eigenvalue weighted by atomic mass is 16.1. The predicted molar refractivity (Wildman–Crippen MR) is 78.5 cm³/mol. The van der Waals surface area contributed by atoms with Crippen LogP contribution < -0.4 is 0 Å². The zero-order valence-corrected chi connectivity index (χ0v) is 12.1. The fourth-order valence-corrected chi connectivity index (χ4v) is 0.768. The van der Waals surface area contributed by atoms with E-state index in [4.69, 9.17) is 0 Å². The van der Waals surface area contributed by atoms with Gasteiger partial charge < -0.3 is 0 Å². The number of hydrogen-bond acceptors (Lipinski definition) is 2. The van der Waals surface area contributed by atoms with E-state index >= 15 is 0 Å². The van der Waals surface area contributed by atoms with Gasteiger partial charge in [-0.2, -0.15) is 0 Å². The van der Waals surface area contributed by atoms with Crippen molar-refractivity contribution >= 4 is 11.6 Å². The van der Waals surface area contributed by atoms with Gasteiger partial charge in [-0.1, -0.05) is 42.9 Å². The lowest BCUT2D eigenvalue weighted by atomic mass is 10.3. The SMILES string of the molecule is CC(=O)C=CC=C(C)C.CC=CC=CC(=O)CC. The summed E-state index contributed by atoms with van der Waals surface area (Å²) in [4.78, 5) is 20.9. The minimum absolute atomic E-state index is 0.0903. The first kappa shape index (κ1) is 18.7. The van der Waals surface area contributed by atoms with Gasteiger partial charge in [-0.15, -0.1) is 0 Å². The molecule has 0 aliphatic heterocycles. The van der Waals surface area contributed by atoms with E-state index in [2.05, 4.69) is 0 Å². The second-order valence-corrected chi connectivity index (χ2v) is 3.92. The maximum Gasteiger partial charge on any atom is 0.155 e. The highest BCUT2D eigenvalue weighted by Crippen LogP contribution is 1.88. The molecule has 0 aliphatic carbocycles. The summed E-state index contributed by atoms with van der Waals surface area (Å²) in [6.45, 7) is 9.29. The Labute approximate surface area is 111 Å². The maximum absolute atomic E-state index is 10.6. The Bertz CT molecular complexity index is 351. The molecule has 0 aliphatic rings. The largest absolute Gasteiger partial charge is 0.295 e. The van der Waals surface area contributed by atoms with E-state index in [9.17, 15) is 9.59 Å². The van der Waals surface area contributed by atoms with Crippen LogP contribution in [0.5, 0.6) is 0 Å². The molecule has 100 valence electrons. The molecule has 0 aromatic heterocycles. The fraction of sp³-hybridized carbons (Fsp3) is 0.375. The van der Waals surface area contributed by atoms with Crippen molar-refractivity contribution in [3.8, 4) is 0 Å². The van der Waals surface area contributed by atoms with Crippen LogP contribution in [0.1, 0.15) is 41.0 Å². The van der Waals surface area contributed by atoms with Crippen LogP contribution in [-0.4, -0.2) is 11.6 Å². The zero-order valence-electron chi connectivity index (χ0n) is 12.1. The van der Waals surface area contributed by atoms with Gasteiger partial charge in [0, 0.05) is 6.42 Å². The molecule has 0 radical (unpaired) electrons. The number of rotatable bonds is 5. The molecule has 0 atom stereocenters. The third-order valence-electron chi connectivity index (χ3n) is 1.69. The maximum atomic E-state index is 10.6. The highest BCUT2D eigenvalue weighted by Gasteiger charge is 1.84. The van der Waals surface area contributed by atoms with E-state index in [1.54, 1.807) is 24.3 Å². The average Bonchev–Trinajstić information content (AvgIpc) is 2.29. The molecule has 0 saturated carbocycles. The Morgan fingerprint density at radius 2 is 1.56 bits per heavy atom. The zero-order chi connectivity index (χ0) is 14.4. The Morgan fingerprint density at radius 3 is 1.94 bits per heavy atom. The number of hydrogen-bond donors (Lipinski definition) is 0. The Balaban J connectivity index is 0. The van der Waals surface area contributed by atoms with Gasteiger partial charge in [-0.05, 0) is 39.8 Å². The van der Waals surface area contributed by atoms with Crippen molar-refractivity contribution in [1.82, 2.24) is 0 Å². The van der Waals surface area contributed by atoms with Crippen LogP contribution in [0.4, 0.5) is 0 Å². The quantitative estimate of drug-likeness (QED) is 0.540. The van der Waals surface area contributed by atoms with Crippen LogP contribution in [0.25, 0.3) is 0 Å². The number of allylic oxidation sites excluding steroid dienone is 8. The molecule has 0 unspecified atom stereocenters. The third kappa shape index (κ3) is 19.8. The Hall–Kier alpha value is -1.70. The normalized spacial score (nSPS) is 10.5. The summed E-state index contributed by atoms with van der Waals surface area (Å²) in [5, 5.41) is 0. The van der Waals surface area contributed by atoms with Gasteiger partial charge in [-0.25, -0.2) is 0 Å². The van der Waals surface area contributed by atoms with Crippen molar-refractivity contribution in [3.63, 3.8) is 0 Å². The summed E-state index contributed by atoms with van der Waals surface area (Å²) in [7, 11) is 0.